The summed E-state index contributed by atoms with van der Waals surface area (Å²) in [6.45, 7) is 4.74. The van der Waals surface area contributed by atoms with Gasteiger partial charge in [0.05, 0.1) is 0 Å². The molecule has 0 saturated heterocycles. The molecule has 12 heavy (non-hydrogen) atoms. The van der Waals surface area contributed by atoms with Crippen LogP contribution in [0.1, 0.15) is 5.56 Å². The monoisotopic (exact) mass is 202 g/mol. The van der Waals surface area contributed by atoms with Crippen molar-refractivity contribution in [2.45, 2.75) is 25.6 Å². The third-order valence-electron chi connectivity index (χ3n) is 1.76. The quantitative estimate of drug-likeness (QED) is 0.605. The fourth-order valence-electron chi connectivity index (χ4n) is 1.04. The molecule has 1 aromatic rings. The van der Waals surface area contributed by atoms with Crippen LogP contribution in [0.15, 0.2) is 30.3 Å². The minimum Gasteiger partial charge on any atom is -0.267 e. The van der Waals surface area contributed by atoms with Crippen LogP contribution >= 0.6 is 0 Å². The van der Waals surface area contributed by atoms with E-state index in [1.807, 2.05) is 0 Å². The van der Waals surface area contributed by atoms with Gasteiger partial charge in [0, 0.05) is 0 Å². The van der Waals surface area contributed by atoms with Gasteiger partial charge in [-0.2, -0.15) is 19.1 Å². The van der Waals surface area contributed by atoms with E-state index in [0.717, 1.165) is 0 Å². The zero-order valence-electron chi connectivity index (χ0n) is 8.30. The molecule has 0 nitrogen and oxygen atoms in total. The fourth-order valence-corrected chi connectivity index (χ4v) is 1.83. The van der Waals surface area contributed by atoms with E-state index in [9.17, 15) is 0 Å². The van der Waals surface area contributed by atoms with Gasteiger partial charge in [-0.25, -0.2) is 0 Å². The average molecular weight is 202 g/mol. The van der Waals surface area contributed by atoms with Gasteiger partial charge in [-0.05, 0) is 0 Å². The van der Waals surface area contributed by atoms with Crippen molar-refractivity contribution in [1.29, 1.82) is 0 Å². The van der Waals surface area contributed by atoms with Gasteiger partial charge in [0.15, 0.2) is 0 Å². The first-order valence-corrected chi connectivity index (χ1v) is 6.82. The number of rotatable bonds is 3. The second-order valence-corrected chi connectivity index (χ2v) is 6.11. The zero-order valence-corrected chi connectivity index (χ0v) is 12.4. The van der Waals surface area contributed by atoms with Crippen LogP contribution < -0.4 is 51.4 Å². The second-order valence-electron chi connectivity index (χ2n) is 3.19. The first-order valence-electron chi connectivity index (χ1n) is 4.12. The average Bonchev–Trinajstić information content (AvgIpc) is 2.03. The van der Waals surface area contributed by atoms with Crippen molar-refractivity contribution in [3.8, 4) is 0 Å². The molecular formula is C10H15KSi. The standard InChI is InChI=1S/C10H15Si.K/c1-11(2)9-8-10-6-4-3-5-7-10;/h3-7H,8-9H2,1-2H3;/q-1;+1. The Kier molecular flexibility index (Phi) is 8.14. The van der Waals surface area contributed by atoms with Crippen LogP contribution in [0.3, 0.4) is 0 Å². The van der Waals surface area contributed by atoms with Crippen molar-refractivity contribution in [3.63, 3.8) is 0 Å². The molecule has 1 rings (SSSR count). The molecule has 0 N–H and O–H groups in total. The third-order valence-corrected chi connectivity index (χ3v) is 3.01. The maximum atomic E-state index is 2.37. The molecule has 0 aliphatic carbocycles. The predicted molar refractivity (Wildman–Crippen MR) is 52.4 cm³/mol. The van der Waals surface area contributed by atoms with Gasteiger partial charge in [0.1, 0.15) is 0 Å². The molecule has 2 heteroatoms. The molecule has 0 unspecified atom stereocenters. The van der Waals surface area contributed by atoms with Crippen molar-refractivity contribution in [2.24, 2.45) is 0 Å². The van der Waals surface area contributed by atoms with E-state index in [1.54, 1.807) is 0 Å². The Balaban J connectivity index is 0.00000121. The van der Waals surface area contributed by atoms with Crippen LogP contribution in [-0.4, -0.2) is 8.80 Å². The van der Waals surface area contributed by atoms with Crippen LogP contribution in [-0.2, 0) is 6.42 Å². The summed E-state index contributed by atoms with van der Waals surface area (Å²) in [7, 11) is -0.0322. The van der Waals surface area contributed by atoms with Crippen molar-refractivity contribution in [1.82, 2.24) is 0 Å². The third kappa shape index (κ3) is 5.67. The van der Waals surface area contributed by atoms with Gasteiger partial charge in [-0.15, -0.1) is 0 Å². The van der Waals surface area contributed by atoms with Crippen LogP contribution in [0, 0.1) is 0 Å². The molecule has 0 aliphatic rings. The van der Waals surface area contributed by atoms with E-state index in [1.165, 1.54) is 18.0 Å². The number of hydrogen-bond acceptors (Lipinski definition) is 0. The summed E-state index contributed by atoms with van der Waals surface area (Å²) >= 11 is 0. The van der Waals surface area contributed by atoms with E-state index in [-0.39, 0.29) is 60.2 Å². The van der Waals surface area contributed by atoms with Crippen LogP contribution in [0.2, 0.25) is 19.1 Å². The van der Waals surface area contributed by atoms with Gasteiger partial charge in [-0.1, -0.05) is 42.3 Å². The SMILES string of the molecule is C[Si-](C)CCc1ccccc1.[K+]. The summed E-state index contributed by atoms with van der Waals surface area (Å²) in [5, 5.41) is 0. The summed E-state index contributed by atoms with van der Waals surface area (Å²) in [6.07, 6.45) is 1.27. The van der Waals surface area contributed by atoms with Gasteiger partial charge in [0.2, 0.25) is 0 Å². The van der Waals surface area contributed by atoms with Crippen molar-refractivity contribution in [3.05, 3.63) is 35.9 Å². The van der Waals surface area contributed by atoms with E-state index >= 15 is 0 Å². The molecule has 0 heterocycles. The Hall–Kier alpha value is 1.07. The zero-order chi connectivity index (χ0) is 8.10. The molecule has 0 fully saturated rings. The Morgan fingerprint density at radius 2 is 1.67 bits per heavy atom. The molecule has 0 aromatic heterocycles. The van der Waals surface area contributed by atoms with Crippen molar-refractivity contribution < 1.29 is 51.4 Å². The normalized spacial score (nSPS) is 9.58. The summed E-state index contributed by atoms with van der Waals surface area (Å²) in [4.78, 5) is 0. The van der Waals surface area contributed by atoms with Gasteiger partial charge in [0.25, 0.3) is 0 Å². The maximum Gasteiger partial charge on any atom is 1.00 e. The molecule has 0 aliphatic heterocycles. The summed E-state index contributed by atoms with van der Waals surface area (Å²) in [5.74, 6) is 0. The molecule has 0 amide bonds. The Morgan fingerprint density at radius 1 is 1.08 bits per heavy atom. The van der Waals surface area contributed by atoms with E-state index in [0.29, 0.717) is 0 Å². The van der Waals surface area contributed by atoms with Crippen LogP contribution in [0.4, 0.5) is 0 Å². The molecule has 0 bridgehead atoms. The van der Waals surface area contributed by atoms with Crippen molar-refractivity contribution >= 4 is 8.80 Å². The number of hydrogen-bond donors (Lipinski definition) is 0. The minimum atomic E-state index is -0.0322. The largest absolute Gasteiger partial charge is 1.00 e. The first kappa shape index (κ1) is 13.1. The summed E-state index contributed by atoms with van der Waals surface area (Å²) < 4.78 is 0. The Morgan fingerprint density at radius 3 is 2.17 bits per heavy atom. The van der Waals surface area contributed by atoms with Gasteiger partial charge >= 0.3 is 51.4 Å². The van der Waals surface area contributed by atoms with E-state index < -0.39 is 0 Å². The fraction of sp³-hybridized carbons (Fsp3) is 0.400. The Bertz CT molecular complexity index is 196. The summed E-state index contributed by atoms with van der Waals surface area (Å²) in [6, 6.07) is 12.1. The molecule has 0 saturated carbocycles. The smallest absolute Gasteiger partial charge is 0.267 e. The van der Waals surface area contributed by atoms with E-state index in [4.69, 9.17) is 0 Å². The number of benzene rings is 1. The van der Waals surface area contributed by atoms with Crippen LogP contribution in [0.5, 0.6) is 0 Å². The van der Waals surface area contributed by atoms with Gasteiger partial charge < -0.3 is 0 Å². The Labute approximate surface area is 120 Å². The van der Waals surface area contributed by atoms with Crippen LogP contribution in [0.25, 0.3) is 0 Å². The minimum absolute atomic E-state index is 0. The molecule has 60 valence electrons. The molecule has 1 aromatic carbocycles. The molecule has 0 atom stereocenters. The second kappa shape index (κ2) is 7.47. The number of aryl methyl sites for hydroxylation is 1. The molecular weight excluding hydrogens is 187 g/mol. The summed E-state index contributed by atoms with van der Waals surface area (Å²) in [5.41, 5.74) is 1.48. The van der Waals surface area contributed by atoms with Crippen molar-refractivity contribution in [2.75, 3.05) is 0 Å². The molecule has 0 radical (unpaired) electrons. The van der Waals surface area contributed by atoms with Gasteiger partial charge in [-0.3, -0.25) is 8.80 Å². The predicted octanol–water partition coefficient (Wildman–Crippen LogP) is -0.0125. The maximum absolute atomic E-state index is 2.37. The van der Waals surface area contributed by atoms with E-state index in [2.05, 4.69) is 43.4 Å². The topological polar surface area (TPSA) is 0 Å². The first-order chi connectivity index (χ1) is 5.29. The molecule has 0 spiro atoms.